The summed E-state index contributed by atoms with van der Waals surface area (Å²) in [4.78, 5) is 37.0. The molecule has 1 N–H and O–H groups in total. The van der Waals surface area contributed by atoms with Crippen molar-refractivity contribution >= 4 is 17.9 Å². The van der Waals surface area contributed by atoms with Crippen molar-refractivity contribution < 1.29 is 42.9 Å². The summed E-state index contributed by atoms with van der Waals surface area (Å²) in [6, 6.07) is 0. The first kappa shape index (κ1) is 51.7. The number of likely N-dealkylation sites (N-methyl/N-ethyl adjacent to an activating group) is 1. The molecule has 0 rings (SSSR count). The Kier molecular flexibility index (Phi) is 35.4. The highest BCUT2D eigenvalue weighted by Gasteiger charge is 2.25. The molecule has 2 atom stereocenters. The average molecular weight is 773 g/mol. The summed E-state index contributed by atoms with van der Waals surface area (Å²) in [5.74, 6) is -2.07. The monoisotopic (exact) mass is 773 g/mol. The third kappa shape index (κ3) is 38.8. The van der Waals surface area contributed by atoms with Crippen LogP contribution in [0.4, 0.5) is 0 Å². The van der Waals surface area contributed by atoms with E-state index in [0.29, 0.717) is 17.4 Å². The van der Waals surface area contributed by atoms with E-state index in [1.165, 1.54) is 6.42 Å². The Balaban J connectivity index is 4.56. The minimum Gasteiger partial charge on any atom is -0.477 e. The zero-order valence-corrected chi connectivity index (χ0v) is 35.3. The molecule has 0 bridgehead atoms. The normalized spacial score (nSPS) is 13.7. The zero-order chi connectivity index (χ0) is 40.7. The van der Waals surface area contributed by atoms with Crippen LogP contribution in [-0.4, -0.2) is 87.4 Å². The smallest absolute Gasteiger partial charge is 0.361 e. The van der Waals surface area contributed by atoms with Gasteiger partial charge in [-0.05, 0) is 77.0 Å². The molecule has 0 spiro atoms. The third-order valence-corrected chi connectivity index (χ3v) is 8.43. The molecule has 0 saturated heterocycles. The van der Waals surface area contributed by atoms with Gasteiger partial charge in [-0.25, -0.2) is 4.79 Å². The van der Waals surface area contributed by atoms with Crippen LogP contribution in [0.3, 0.4) is 0 Å². The second kappa shape index (κ2) is 37.6. The van der Waals surface area contributed by atoms with Crippen LogP contribution >= 0.6 is 0 Å². The predicted octanol–water partition coefficient (Wildman–Crippen LogP) is 10.8. The first-order valence-corrected chi connectivity index (χ1v) is 21.1. The Bertz CT molecular complexity index is 1130. The molecule has 0 saturated carbocycles. The van der Waals surface area contributed by atoms with Crippen molar-refractivity contribution in [1.29, 1.82) is 0 Å². The fraction of sp³-hybridized carbons (Fsp3) is 0.674. The summed E-state index contributed by atoms with van der Waals surface area (Å²) < 4.78 is 22.6. The number of nitrogens with zero attached hydrogens (tertiary/aromatic N) is 1. The molecule has 0 aromatic heterocycles. The van der Waals surface area contributed by atoms with Crippen LogP contribution in [0, 0.1) is 0 Å². The summed E-state index contributed by atoms with van der Waals surface area (Å²) in [6.45, 7) is 4.61. The van der Waals surface area contributed by atoms with Gasteiger partial charge in [0.25, 0.3) is 6.29 Å². The van der Waals surface area contributed by atoms with E-state index in [9.17, 15) is 19.5 Å². The average Bonchev–Trinajstić information content (AvgIpc) is 3.14. The van der Waals surface area contributed by atoms with Gasteiger partial charge in [-0.2, -0.15) is 0 Å². The second-order valence-electron chi connectivity index (χ2n) is 14.9. The van der Waals surface area contributed by atoms with Crippen molar-refractivity contribution in [3.05, 3.63) is 72.9 Å². The van der Waals surface area contributed by atoms with Crippen molar-refractivity contribution in [2.75, 3.05) is 47.5 Å². The maximum absolute atomic E-state index is 12.7. The van der Waals surface area contributed by atoms with Gasteiger partial charge in [0.1, 0.15) is 13.2 Å². The van der Waals surface area contributed by atoms with Gasteiger partial charge in [0.05, 0.1) is 34.4 Å². The highest BCUT2D eigenvalue weighted by atomic mass is 16.7. The number of quaternary nitrogens is 1. The maximum Gasteiger partial charge on any atom is 0.361 e. The van der Waals surface area contributed by atoms with E-state index in [1.807, 2.05) is 21.1 Å². The summed E-state index contributed by atoms with van der Waals surface area (Å²) >= 11 is 0. The minimum absolute atomic E-state index is 0.176. The molecule has 0 heterocycles. The molecule has 2 unspecified atom stereocenters. The second-order valence-corrected chi connectivity index (χ2v) is 14.9. The summed E-state index contributed by atoms with van der Waals surface area (Å²) in [7, 11) is 5.93. The van der Waals surface area contributed by atoms with Gasteiger partial charge in [-0.15, -0.1) is 0 Å². The van der Waals surface area contributed by atoms with Crippen LogP contribution in [0.5, 0.6) is 0 Å². The molecule has 0 aromatic rings. The summed E-state index contributed by atoms with van der Waals surface area (Å²) in [5.41, 5.74) is 0. The van der Waals surface area contributed by atoms with Gasteiger partial charge >= 0.3 is 17.9 Å². The van der Waals surface area contributed by atoms with Gasteiger partial charge in [0.15, 0.2) is 6.10 Å². The van der Waals surface area contributed by atoms with Crippen LogP contribution in [0.1, 0.15) is 142 Å². The van der Waals surface area contributed by atoms with E-state index in [1.54, 1.807) is 0 Å². The van der Waals surface area contributed by atoms with Crippen molar-refractivity contribution in [2.24, 2.45) is 0 Å². The highest BCUT2D eigenvalue weighted by Crippen LogP contribution is 2.12. The third-order valence-electron chi connectivity index (χ3n) is 8.43. The molecule has 9 nitrogen and oxygen atoms in total. The summed E-state index contributed by atoms with van der Waals surface area (Å²) in [6.07, 6.45) is 42.4. The quantitative estimate of drug-likeness (QED) is 0.0219. The Hall–Kier alpha value is -3.27. The lowest BCUT2D eigenvalue weighted by atomic mass is 10.1. The van der Waals surface area contributed by atoms with Crippen molar-refractivity contribution in [1.82, 2.24) is 0 Å². The molecule has 0 aromatic carbocycles. The molecular formula is C46H78NO8+. The SMILES string of the molecule is CC/C=C\C/C=C\C/C=C\C/C=C\CCCCCCC(=O)OC(COC(=O)CCCCCCC/C=C\C/C=C\CCC)COC(OCC[N+](C)(C)C)C(=O)O. The van der Waals surface area contributed by atoms with Crippen LogP contribution < -0.4 is 0 Å². The van der Waals surface area contributed by atoms with Crippen LogP contribution in [0.15, 0.2) is 72.9 Å². The molecule has 0 radical (unpaired) electrons. The zero-order valence-electron chi connectivity index (χ0n) is 35.3. The Morgan fingerprint density at radius 3 is 1.55 bits per heavy atom. The number of carboxylic acids is 1. The molecule has 314 valence electrons. The van der Waals surface area contributed by atoms with E-state index in [4.69, 9.17) is 18.9 Å². The molecule has 0 aliphatic rings. The molecule has 9 heteroatoms. The molecular weight excluding hydrogens is 695 g/mol. The molecule has 55 heavy (non-hydrogen) atoms. The summed E-state index contributed by atoms with van der Waals surface area (Å²) in [5, 5.41) is 9.61. The highest BCUT2D eigenvalue weighted by molar-refractivity contribution is 5.71. The molecule has 0 aliphatic heterocycles. The number of carbonyl (C=O) groups excluding carboxylic acids is 2. The number of ether oxygens (including phenoxy) is 4. The first-order chi connectivity index (χ1) is 26.6. The number of hydrogen-bond acceptors (Lipinski definition) is 7. The standard InChI is InChI=1S/C46H77NO8/c1-6-8-10-12-14-16-18-20-21-22-23-25-27-29-31-33-35-37-44(49)55-42(41-54-46(45(50)51)52-39-38-47(3,4)5)40-53-43(48)36-34-32-30-28-26-24-19-17-15-13-11-9-7-2/h8,10-11,13-14,16-17,19-21,23,25,42,46H,6-7,9,12,15,18,22,24,26-41H2,1-5H3/p+1/b10-8-,13-11-,16-14-,19-17-,21-20-,25-23-. The lowest BCUT2D eigenvalue weighted by Crippen LogP contribution is -2.40. The fourth-order valence-corrected chi connectivity index (χ4v) is 5.16. The lowest BCUT2D eigenvalue weighted by Gasteiger charge is -2.25. The number of carbonyl (C=O) groups is 3. The largest absolute Gasteiger partial charge is 0.477 e. The number of esters is 2. The fourth-order valence-electron chi connectivity index (χ4n) is 5.16. The first-order valence-electron chi connectivity index (χ1n) is 21.1. The maximum atomic E-state index is 12.7. The minimum atomic E-state index is -1.52. The van der Waals surface area contributed by atoms with Gasteiger partial charge in [0.2, 0.25) is 0 Å². The van der Waals surface area contributed by atoms with Crippen molar-refractivity contribution in [3.8, 4) is 0 Å². The number of carboxylic acid groups (broad SMARTS) is 1. The molecule has 0 fully saturated rings. The van der Waals surface area contributed by atoms with E-state index in [0.717, 1.165) is 103 Å². The Morgan fingerprint density at radius 2 is 1.04 bits per heavy atom. The number of aliphatic carboxylic acids is 1. The van der Waals surface area contributed by atoms with Gasteiger partial charge in [-0.3, -0.25) is 9.59 Å². The van der Waals surface area contributed by atoms with Crippen LogP contribution in [-0.2, 0) is 33.3 Å². The van der Waals surface area contributed by atoms with E-state index in [-0.39, 0.29) is 38.6 Å². The predicted molar refractivity (Wildman–Crippen MR) is 226 cm³/mol. The molecule has 0 aliphatic carbocycles. The molecule has 0 amide bonds. The van der Waals surface area contributed by atoms with Crippen molar-refractivity contribution in [3.63, 3.8) is 0 Å². The van der Waals surface area contributed by atoms with Gasteiger partial charge < -0.3 is 28.5 Å². The number of allylic oxidation sites excluding steroid dienone is 12. The Labute approximate surface area is 335 Å². The number of rotatable bonds is 37. The number of hydrogen-bond donors (Lipinski definition) is 1. The van der Waals surface area contributed by atoms with Crippen LogP contribution in [0.25, 0.3) is 0 Å². The van der Waals surface area contributed by atoms with Crippen molar-refractivity contribution in [2.45, 2.75) is 155 Å². The topological polar surface area (TPSA) is 108 Å². The van der Waals surface area contributed by atoms with Gasteiger partial charge in [-0.1, -0.05) is 125 Å². The van der Waals surface area contributed by atoms with Gasteiger partial charge in [0, 0.05) is 12.8 Å². The Morgan fingerprint density at radius 1 is 0.564 bits per heavy atom. The number of unbranched alkanes of at least 4 members (excludes halogenated alkanes) is 10. The lowest BCUT2D eigenvalue weighted by molar-refractivity contribution is -0.870. The van der Waals surface area contributed by atoms with E-state index >= 15 is 0 Å². The van der Waals surface area contributed by atoms with E-state index in [2.05, 4.69) is 86.8 Å². The van der Waals surface area contributed by atoms with E-state index < -0.39 is 24.3 Å². The van der Waals surface area contributed by atoms with Crippen LogP contribution in [0.2, 0.25) is 0 Å².